The standard InChI is InChI=1S/C9H8N.H4P2.Y/c1-10-7-6-8-4-2-3-5-9(8)10;1-2;/h2-7H,1H2;1-2H2;/q-1;;. The predicted molar refractivity (Wildman–Crippen MR) is 62.1 cm³/mol. The molecular formula is C9H12NP2Y-. The molecule has 1 nitrogen and oxygen atoms in total. The van der Waals surface area contributed by atoms with E-state index < -0.39 is 0 Å². The number of fused-ring (bicyclic) bond motifs is 1. The Morgan fingerprint density at radius 1 is 1.08 bits per heavy atom. The molecule has 1 aromatic carbocycles. The maximum Gasteiger partial charge on any atom is 0 e. The normalized spacial score (nSPS) is 8.46. The van der Waals surface area contributed by atoms with E-state index >= 15 is 0 Å². The van der Waals surface area contributed by atoms with Crippen molar-refractivity contribution < 1.29 is 32.7 Å². The molecule has 2 rings (SSSR count). The number of aromatic nitrogens is 1. The molecule has 0 N–H and O–H groups in total. The van der Waals surface area contributed by atoms with Crippen LogP contribution in [0.3, 0.4) is 0 Å². The molecule has 0 fully saturated rings. The van der Waals surface area contributed by atoms with Crippen LogP contribution in [0.4, 0.5) is 0 Å². The van der Waals surface area contributed by atoms with Crippen LogP contribution >= 0.6 is 17.9 Å². The molecule has 2 aromatic rings. The summed E-state index contributed by atoms with van der Waals surface area (Å²) in [5.74, 6) is 0. The van der Waals surface area contributed by atoms with Crippen molar-refractivity contribution in [2.24, 2.45) is 0 Å². The Labute approximate surface area is 109 Å². The summed E-state index contributed by atoms with van der Waals surface area (Å²) in [6, 6.07) is 10.2. The number of hydrogen-bond acceptors (Lipinski definition) is 0. The molecule has 0 aliphatic heterocycles. The van der Waals surface area contributed by atoms with E-state index in [-0.39, 0.29) is 32.7 Å². The van der Waals surface area contributed by atoms with Gasteiger partial charge >= 0.3 is 0 Å². The summed E-state index contributed by atoms with van der Waals surface area (Å²) in [5.41, 5.74) is 1.18. The summed E-state index contributed by atoms with van der Waals surface area (Å²) >= 11 is 0. The number of hydrogen-bond donors (Lipinski definition) is 0. The van der Waals surface area contributed by atoms with Gasteiger partial charge in [0, 0.05) is 32.7 Å². The van der Waals surface area contributed by atoms with Gasteiger partial charge in [0.05, 0.1) is 0 Å². The van der Waals surface area contributed by atoms with Crippen molar-refractivity contribution in [3.63, 3.8) is 0 Å². The summed E-state index contributed by atoms with van der Waals surface area (Å²) in [5, 5.41) is 1.25. The van der Waals surface area contributed by atoms with Crippen LogP contribution in [-0.4, -0.2) is 4.57 Å². The van der Waals surface area contributed by atoms with E-state index in [9.17, 15) is 0 Å². The number of para-hydroxylation sites is 1. The molecule has 1 aromatic heterocycles. The van der Waals surface area contributed by atoms with Crippen LogP contribution in [0.25, 0.3) is 10.9 Å². The molecule has 0 saturated carbocycles. The molecule has 2 unspecified atom stereocenters. The van der Waals surface area contributed by atoms with Crippen LogP contribution in [0.1, 0.15) is 0 Å². The largest absolute Gasteiger partial charge is 0.487 e. The van der Waals surface area contributed by atoms with E-state index in [1.807, 2.05) is 22.9 Å². The zero-order valence-electron chi connectivity index (χ0n) is 7.35. The second kappa shape index (κ2) is 6.96. The van der Waals surface area contributed by atoms with E-state index in [2.05, 4.69) is 43.1 Å². The zero-order chi connectivity index (χ0) is 8.97. The Balaban J connectivity index is 0.000000451. The summed E-state index contributed by atoms with van der Waals surface area (Å²) in [6.07, 6.45) is 1.96. The first kappa shape index (κ1) is 13.6. The Bertz CT molecular complexity index is 359. The average molecular weight is 285 g/mol. The molecule has 1 heterocycles. The van der Waals surface area contributed by atoms with Crippen LogP contribution in [0.15, 0.2) is 36.5 Å². The Kier molecular flexibility index (Phi) is 7.28. The molecule has 4 heteroatoms. The van der Waals surface area contributed by atoms with Crippen LogP contribution in [0, 0.1) is 7.05 Å². The maximum atomic E-state index is 3.83. The fourth-order valence-electron chi connectivity index (χ4n) is 1.14. The first-order valence-electron chi connectivity index (χ1n) is 3.58. The van der Waals surface area contributed by atoms with Crippen molar-refractivity contribution in [3.05, 3.63) is 43.6 Å². The van der Waals surface area contributed by atoms with Crippen molar-refractivity contribution in [1.82, 2.24) is 4.57 Å². The molecule has 1 radical (unpaired) electrons. The molecule has 0 aliphatic carbocycles. The van der Waals surface area contributed by atoms with E-state index in [1.54, 1.807) is 0 Å². The van der Waals surface area contributed by atoms with Gasteiger partial charge in [-0.05, 0) is 0 Å². The first-order valence-corrected chi connectivity index (χ1v) is 6.25. The third-order valence-corrected chi connectivity index (χ3v) is 1.68. The topological polar surface area (TPSA) is 4.93 Å². The average Bonchev–Trinajstić information content (AvgIpc) is 2.53. The SMILES string of the molecule is PP.[CH2-]n1ccc2ccccc21.[Y]. The van der Waals surface area contributed by atoms with Gasteiger partial charge in [0.1, 0.15) is 0 Å². The third-order valence-electron chi connectivity index (χ3n) is 1.68. The number of rotatable bonds is 0. The van der Waals surface area contributed by atoms with Gasteiger partial charge in [-0.3, -0.25) is 0 Å². The second-order valence-corrected chi connectivity index (χ2v) is 2.34. The predicted octanol–water partition coefficient (Wildman–Crippen LogP) is 2.93. The molecule has 0 bridgehead atoms. The quantitative estimate of drug-likeness (QED) is 0.518. The fraction of sp³-hybridized carbons (Fsp3) is 0. The Morgan fingerprint density at radius 2 is 1.69 bits per heavy atom. The van der Waals surface area contributed by atoms with Crippen LogP contribution in [-0.2, 0) is 32.7 Å². The van der Waals surface area contributed by atoms with Crippen molar-refractivity contribution in [1.29, 1.82) is 0 Å². The monoisotopic (exact) mass is 285 g/mol. The van der Waals surface area contributed by atoms with Gasteiger partial charge in [0.15, 0.2) is 0 Å². The van der Waals surface area contributed by atoms with Gasteiger partial charge in [0.25, 0.3) is 0 Å². The number of nitrogens with zero attached hydrogens (tertiary/aromatic N) is 1. The van der Waals surface area contributed by atoms with Crippen LogP contribution in [0.2, 0.25) is 0 Å². The van der Waals surface area contributed by atoms with Gasteiger partial charge in [-0.2, -0.15) is 0 Å². The summed E-state index contributed by atoms with van der Waals surface area (Å²) in [4.78, 5) is 0. The van der Waals surface area contributed by atoms with Crippen molar-refractivity contribution in [2.45, 2.75) is 0 Å². The molecule has 0 amide bonds. The summed E-state index contributed by atoms with van der Waals surface area (Å²) < 4.78 is 1.87. The minimum Gasteiger partial charge on any atom is -0.487 e. The van der Waals surface area contributed by atoms with Gasteiger partial charge in [0.2, 0.25) is 0 Å². The molecule has 0 aliphatic rings. The van der Waals surface area contributed by atoms with E-state index in [1.165, 1.54) is 10.9 Å². The van der Waals surface area contributed by atoms with E-state index in [0.717, 1.165) is 0 Å². The molecule has 13 heavy (non-hydrogen) atoms. The second-order valence-electron chi connectivity index (χ2n) is 2.34. The minimum absolute atomic E-state index is 0. The molecule has 67 valence electrons. The fourth-order valence-corrected chi connectivity index (χ4v) is 1.14. The Hall–Kier alpha value is 0.594. The van der Waals surface area contributed by atoms with Crippen molar-refractivity contribution in [3.8, 4) is 0 Å². The smallest absolute Gasteiger partial charge is 0 e. The van der Waals surface area contributed by atoms with Gasteiger partial charge in [-0.15, -0.1) is 37.2 Å². The van der Waals surface area contributed by atoms with Crippen molar-refractivity contribution >= 4 is 28.8 Å². The molecule has 0 saturated heterocycles. The Morgan fingerprint density at radius 3 is 2.31 bits per heavy atom. The molecule has 2 atom stereocenters. The minimum atomic E-state index is 0. The van der Waals surface area contributed by atoms with Crippen molar-refractivity contribution in [2.75, 3.05) is 0 Å². The van der Waals surface area contributed by atoms with E-state index in [0.29, 0.717) is 0 Å². The third kappa shape index (κ3) is 3.33. The van der Waals surface area contributed by atoms with Gasteiger partial charge in [-0.25, -0.2) is 0 Å². The van der Waals surface area contributed by atoms with Gasteiger partial charge < -0.3 is 4.57 Å². The molecular weight excluding hydrogens is 273 g/mol. The van der Waals surface area contributed by atoms with Crippen LogP contribution in [0.5, 0.6) is 0 Å². The number of benzene rings is 1. The van der Waals surface area contributed by atoms with E-state index in [4.69, 9.17) is 0 Å². The summed E-state index contributed by atoms with van der Waals surface area (Å²) in [6.45, 7) is 0. The van der Waals surface area contributed by atoms with Crippen LogP contribution < -0.4 is 0 Å². The molecule has 0 spiro atoms. The summed E-state index contributed by atoms with van der Waals surface area (Å²) in [7, 11) is 8.49. The van der Waals surface area contributed by atoms with Gasteiger partial charge in [-0.1, -0.05) is 35.2 Å². The maximum absolute atomic E-state index is 3.83. The first-order chi connectivity index (χ1) is 5.88. The zero-order valence-corrected chi connectivity index (χ0v) is 12.5.